The quantitative estimate of drug-likeness (QED) is 0.614. The number of benzene rings is 1. The van der Waals surface area contributed by atoms with Crippen LogP contribution in [0.4, 0.5) is 0 Å². The Bertz CT molecular complexity index is 702. The first-order valence-corrected chi connectivity index (χ1v) is 9.22. The maximum absolute atomic E-state index is 12.7. The van der Waals surface area contributed by atoms with E-state index in [-0.39, 0.29) is 5.91 Å². The second kappa shape index (κ2) is 9.36. The lowest BCUT2D eigenvalue weighted by Crippen LogP contribution is -2.45. The molecule has 0 unspecified atom stereocenters. The zero-order valence-electron chi connectivity index (χ0n) is 15.4. The highest BCUT2D eigenvalue weighted by molar-refractivity contribution is 6.24. The van der Waals surface area contributed by atoms with Crippen molar-refractivity contribution in [3.63, 3.8) is 0 Å². The summed E-state index contributed by atoms with van der Waals surface area (Å²) in [6.07, 6.45) is 4.37. The van der Waals surface area contributed by atoms with Crippen LogP contribution in [0.15, 0.2) is 53.1 Å². The molecule has 1 saturated heterocycles. The fraction of sp³-hybridized carbons (Fsp3) is 0.381. The normalized spacial score (nSPS) is 16.6. The van der Waals surface area contributed by atoms with E-state index < -0.39 is 0 Å². The summed E-state index contributed by atoms with van der Waals surface area (Å²) in [5, 5.41) is 3.06. The molecule has 0 aliphatic carbocycles. The van der Waals surface area contributed by atoms with Crippen LogP contribution in [0.5, 0.6) is 0 Å². The molecule has 0 radical (unpaired) electrons. The van der Waals surface area contributed by atoms with Crippen molar-refractivity contribution in [1.29, 1.82) is 0 Å². The van der Waals surface area contributed by atoms with Gasteiger partial charge in [-0.3, -0.25) is 4.79 Å². The van der Waals surface area contributed by atoms with Crippen molar-refractivity contribution >= 4 is 17.6 Å². The number of carbonyl (C=O) groups is 1. The molecule has 0 bridgehead atoms. The Morgan fingerprint density at radius 2 is 1.88 bits per heavy atom. The van der Waals surface area contributed by atoms with E-state index in [1.165, 1.54) is 0 Å². The molecule has 26 heavy (non-hydrogen) atoms. The molecule has 1 N–H and O–H groups in total. The predicted octanol–water partition coefficient (Wildman–Crippen LogP) is 2.57. The maximum Gasteiger partial charge on any atom is 0.252 e. The summed E-state index contributed by atoms with van der Waals surface area (Å²) >= 11 is 0. The molecule has 5 nitrogen and oxygen atoms in total. The topological polar surface area (TPSA) is 48.7 Å². The van der Waals surface area contributed by atoms with Crippen molar-refractivity contribution in [2.24, 2.45) is 0 Å². The molecule has 0 atom stereocenters. The summed E-state index contributed by atoms with van der Waals surface area (Å²) in [7, 11) is 2.16. The van der Waals surface area contributed by atoms with E-state index in [1.807, 2.05) is 42.5 Å². The minimum absolute atomic E-state index is 0.0639. The molecule has 1 aromatic carbocycles. The Morgan fingerprint density at radius 3 is 2.58 bits per heavy atom. The van der Waals surface area contributed by atoms with Gasteiger partial charge in [-0.05, 0) is 43.8 Å². The lowest BCUT2D eigenvalue weighted by atomic mass is 10.0. The Kier molecular flexibility index (Phi) is 6.63. The van der Waals surface area contributed by atoms with E-state index in [0.29, 0.717) is 17.9 Å². The van der Waals surface area contributed by atoms with Crippen LogP contribution in [0.2, 0.25) is 0 Å². The van der Waals surface area contributed by atoms with Gasteiger partial charge in [0.2, 0.25) is 0 Å². The number of hydrogen-bond acceptors (Lipinski definition) is 4. The van der Waals surface area contributed by atoms with Crippen LogP contribution in [0.1, 0.15) is 17.7 Å². The largest absolute Gasteiger partial charge is 0.465 e. The third kappa shape index (κ3) is 5.31. The average Bonchev–Trinajstić information content (AvgIpc) is 3.18. The number of nitrogens with one attached hydrogen (secondary N) is 1. The fourth-order valence-electron chi connectivity index (χ4n) is 3.08. The minimum atomic E-state index is -0.0639. The molecule has 0 saturated carbocycles. The van der Waals surface area contributed by atoms with E-state index in [2.05, 4.69) is 22.2 Å². The van der Waals surface area contributed by atoms with Gasteiger partial charge in [0.1, 0.15) is 5.76 Å². The van der Waals surface area contributed by atoms with E-state index in [0.717, 1.165) is 44.7 Å². The summed E-state index contributed by atoms with van der Waals surface area (Å²) in [4.78, 5) is 17.5. The first kappa shape index (κ1) is 18.4. The van der Waals surface area contributed by atoms with Gasteiger partial charge in [0.05, 0.1) is 11.8 Å². The number of likely N-dealkylation sites (N-methyl/N-ethyl adjacent to an activating group) is 1. The standard InChI is InChI=1S/C21H27N3O2/c1-23-12-14-24(15-13-23)11-6-10-22-21(25)20(17-19-9-5-16-26-19)18-7-3-2-4-8-18/h2-5,7-9,16-17H,6,10-15H2,1H3,(H,22,25)/b20-17+. The number of carbonyl (C=O) groups excluding carboxylic acids is 1. The van der Waals surface area contributed by atoms with Crippen molar-refractivity contribution in [3.8, 4) is 0 Å². The Morgan fingerprint density at radius 1 is 1.12 bits per heavy atom. The van der Waals surface area contributed by atoms with Crippen LogP contribution < -0.4 is 5.32 Å². The van der Waals surface area contributed by atoms with Gasteiger partial charge in [-0.2, -0.15) is 0 Å². The van der Waals surface area contributed by atoms with Crippen LogP contribution in [0.25, 0.3) is 11.6 Å². The number of nitrogens with zero attached hydrogens (tertiary/aromatic N) is 2. The average molecular weight is 353 g/mol. The summed E-state index contributed by atoms with van der Waals surface area (Å²) in [6, 6.07) is 13.4. The van der Waals surface area contributed by atoms with Crippen molar-refractivity contribution < 1.29 is 9.21 Å². The van der Waals surface area contributed by atoms with Gasteiger partial charge in [-0.15, -0.1) is 0 Å². The van der Waals surface area contributed by atoms with Gasteiger partial charge in [0, 0.05) is 32.7 Å². The van der Waals surface area contributed by atoms with Gasteiger partial charge < -0.3 is 19.5 Å². The predicted molar refractivity (Wildman–Crippen MR) is 105 cm³/mol. The molecule has 138 valence electrons. The van der Waals surface area contributed by atoms with Crippen LogP contribution >= 0.6 is 0 Å². The number of rotatable bonds is 7. The van der Waals surface area contributed by atoms with E-state index in [9.17, 15) is 4.79 Å². The Labute approximate surface area is 155 Å². The lowest BCUT2D eigenvalue weighted by molar-refractivity contribution is -0.115. The van der Waals surface area contributed by atoms with Gasteiger partial charge in [0.25, 0.3) is 5.91 Å². The molecule has 5 heteroatoms. The molecule has 2 heterocycles. The number of amides is 1. The third-order valence-corrected chi connectivity index (χ3v) is 4.69. The second-order valence-corrected chi connectivity index (χ2v) is 6.69. The molecule has 3 rings (SSSR count). The SMILES string of the molecule is CN1CCN(CCCNC(=O)/C(=C/c2ccco2)c2ccccc2)CC1. The summed E-state index contributed by atoms with van der Waals surface area (Å²) in [6.45, 7) is 6.16. The number of piperazine rings is 1. The molecular weight excluding hydrogens is 326 g/mol. The van der Waals surface area contributed by atoms with Crippen molar-refractivity contribution in [3.05, 3.63) is 60.1 Å². The van der Waals surface area contributed by atoms with Crippen LogP contribution in [0.3, 0.4) is 0 Å². The highest BCUT2D eigenvalue weighted by Crippen LogP contribution is 2.18. The first-order chi connectivity index (χ1) is 12.7. The van der Waals surface area contributed by atoms with Gasteiger partial charge in [0.15, 0.2) is 0 Å². The summed E-state index contributed by atoms with van der Waals surface area (Å²) in [5.74, 6) is 0.613. The maximum atomic E-state index is 12.7. The molecule has 2 aromatic rings. The highest BCUT2D eigenvalue weighted by atomic mass is 16.3. The molecule has 1 amide bonds. The highest BCUT2D eigenvalue weighted by Gasteiger charge is 2.14. The molecule has 0 spiro atoms. The smallest absolute Gasteiger partial charge is 0.252 e. The van der Waals surface area contributed by atoms with Gasteiger partial charge >= 0.3 is 0 Å². The molecule has 1 aromatic heterocycles. The zero-order valence-corrected chi connectivity index (χ0v) is 15.4. The minimum Gasteiger partial charge on any atom is -0.465 e. The van der Waals surface area contributed by atoms with Crippen molar-refractivity contribution in [1.82, 2.24) is 15.1 Å². The van der Waals surface area contributed by atoms with E-state index in [4.69, 9.17) is 4.42 Å². The third-order valence-electron chi connectivity index (χ3n) is 4.69. The van der Waals surface area contributed by atoms with Crippen molar-refractivity contribution in [2.45, 2.75) is 6.42 Å². The first-order valence-electron chi connectivity index (χ1n) is 9.22. The van der Waals surface area contributed by atoms with Gasteiger partial charge in [-0.25, -0.2) is 0 Å². The molecule has 1 aliphatic heterocycles. The van der Waals surface area contributed by atoms with Crippen LogP contribution in [0, 0.1) is 0 Å². The molecular formula is C21H27N3O2. The molecule has 1 aliphatic rings. The van der Waals surface area contributed by atoms with Crippen molar-refractivity contribution in [2.75, 3.05) is 46.3 Å². The van der Waals surface area contributed by atoms with Gasteiger partial charge in [-0.1, -0.05) is 30.3 Å². The fourth-order valence-corrected chi connectivity index (χ4v) is 3.08. The Balaban J connectivity index is 1.55. The second-order valence-electron chi connectivity index (χ2n) is 6.69. The summed E-state index contributed by atoms with van der Waals surface area (Å²) in [5.41, 5.74) is 1.51. The zero-order chi connectivity index (χ0) is 18.2. The number of hydrogen-bond donors (Lipinski definition) is 1. The number of furan rings is 1. The monoisotopic (exact) mass is 353 g/mol. The Hall–Kier alpha value is -2.37. The van der Waals surface area contributed by atoms with Crippen LogP contribution in [-0.4, -0.2) is 62.0 Å². The van der Waals surface area contributed by atoms with E-state index >= 15 is 0 Å². The molecule has 1 fully saturated rings. The lowest BCUT2D eigenvalue weighted by Gasteiger charge is -2.32. The van der Waals surface area contributed by atoms with Crippen LogP contribution in [-0.2, 0) is 4.79 Å². The van der Waals surface area contributed by atoms with E-state index in [1.54, 1.807) is 12.3 Å². The summed E-state index contributed by atoms with van der Waals surface area (Å²) < 4.78 is 5.38.